The summed E-state index contributed by atoms with van der Waals surface area (Å²) in [7, 11) is 0. The van der Waals surface area contributed by atoms with Crippen molar-refractivity contribution in [3.63, 3.8) is 0 Å². The van der Waals surface area contributed by atoms with E-state index in [4.69, 9.17) is 0 Å². The van der Waals surface area contributed by atoms with Crippen LogP contribution >= 0.6 is 27.7 Å². The van der Waals surface area contributed by atoms with Crippen molar-refractivity contribution in [2.45, 2.75) is 12.5 Å². The van der Waals surface area contributed by atoms with Crippen molar-refractivity contribution in [2.24, 2.45) is 0 Å². The number of aliphatic hydroxyl groups is 1. The molecule has 0 heterocycles. The normalized spacial score (nSPS) is 14.1. The van der Waals surface area contributed by atoms with Gasteiger partial charge in [-0.1, -0.05) is 0 Å². The van der Waals surface area contributed by atoms with E-state index in [0.717, 1.165) is 0 Å². The molecule has 2 N–H and O–H groups in total. The zero-order chi connectivity index (χ0) is 13.8. The monoisotopic (exact) mass is 335 g/mol. The van der Waals surface area contributed by atoms with Crippen LogP contribution < -0.4 is 5.32 Å². The Bertz CT molecular complexity index is 440. The molecule has 0 spiro atoms. The lowest BCUT2D eigenvalue weighted by Gasteiger charge is -2.22. The van der Waals surface area contributed by atoms with Gasteiger partial charge in [0, 0.05) is 16.8 Å². The second-order valence-electron chi connectivity index (χ2n) is 4.24. The van der Waals surface area contributed by atoms with Crippen LogP contribution in [-0.4, -0.2) is 35.2 Å². The molecule has 1 rings (SSSR count). The first-order valence-electron chi connectivity index (χ1n) is 5.30. The van der Waals surface area contributed by atoms with Crippen molar-refractivity contribution in [1.82, 2.24) is 5.32 Å². The van der Waals surface area contributed by atoms with E-state index in [1.165, 1.54) is 30.0 Å². The number of carbonyl (C=O) groups excluding carboxylic acids is 1. The van der Waals surface area contributed by atoms with Crippen LogP contribution in [0.25, 0.3) is 0 Å². The molecule has 1 amide bonds. The minimum absolute atomic E-state index is 0.149. The van der Waals surface area contributed by atoms with Crippen molar-refractivity contribution in [3.05, 3.63) is 34.1 Å². The zero-order valence-corrected chi connectivity index (χ0v) is 12.6. The summed E-state index contributed by atoms with van der Waals surface area (Å²) in [5.74, 6) is -0.228. The van der Waals surface area contributed by atoms with Crippen LogP contribution in [0, 0.1) is 5.82 Å². The average molecular weight is 336 g/mol. The summed E-state index contributed by atoms with van der Waals surface area (Å²) in [6.07, 6.45) is 1.88. The first-order valence-corrected chi connectivity index (χ1v) is 7.49. The van der Waals surface area contributed by atoms with Gasteiger partial charge in [-0.3, -0.25) is 4.79 Å². The zero-order valence-electron chi connectivity index (χ0n) is 10.2. The first-order chi connectivity index (χ1) is 8.35. The lowest BCUT2D eigenvalue weighted by Crippen LogP contribution is -2.42. The number of benzene rings is 1. The van der Waals surface area contributed by atoms with E-state index in [2.05, 4.69) is 21.2 Å². The van der Waals surface area contributed by atoms with Gasteiger partial charge in [0.25, 0.3) is 5.91 Å². The molecule has 0 saturated heterocycles. The van der Waals surface area contributed by atoms with E-state index < -0.39 is 11.4 Å². The first kappa shape index (κ1) is 15.5. The molecule has 0 fully saturated rings. The fourth-order valence-electron chi connectivity index (χ4n) is 1.40. The molecular formula is C12H15BrFNO2S. The molecule has 0 bridgehead atoms. The smallest absolute Gasteiger partial charge is 0.252 e. The Morgan fingerprint density at radius 3 is 2.83 bits per heavy atom. The Labute approximate surface area is 118 Å². The largest absolute Gasteiger partial charge is 0.387 e. The second-order valence-corrected chi connectivity index (χ2v) is 5.96. The molecule has 0 unspecified atom stereocenters. The van der Waals surface area contributed by atoms with Crippen molar-refractivity contribution in [2.75, 3.05) is 18.6 Å². The van der Waals surface area contributed by atoms with Crippen molar-refractivity contribution >= 4 is 33.6 Å². The van der Waals surface area contributed by atoms with Crippen molar-refractivity contribution in [1.29, 1.82) is 0 Å². The molecule has 1 atom stereocenters. The number of hydrogen-bond acceptors (Lipinski definition) is 3. The Morgan fingerprint density at radius 1 is 1.61 bits per heavy atom. The molecule has 6 heteroatoms. The molecule has 0 radical (unpaired) electrons. The third-order valence-electron chi connectivity index (χ3n) is 2.26. The molecule has 0 aliphatic carbocycles. The molecule has 0 aliphatic heterocycles. The Morgan fingerprint density at radius 2 is 2.28 bits per heavy atom. The van der Waals surface area contributed by atoms with E-state index in [9.17, 15) is 14.3 Å². The number of hydrogen-bond donors (Lipinski definition) is 2. The fourth-order valence-corrected chi connectivity index (χ4v) is 2.66. The molecule has 3 nitrogen and oxygen atoms in total. The van der Waals surface area contributed by atoms with Gasteiger partial charge in [-0.2, -0.15) is 11.8 Å². The predicted molar refractivity (Wildman–Crippen MR) is 75.4 cm³/mol. The molecule has 1 aromatic carbocycles. The number of amides is 1. The number of thioether (sulfide) groups is 1. The third kappa shape index (κ3) is 4.59. The third-order valence-corrected chi connectivity index (χ3v) is 3.83. The van der Waals surface area contributed by atoms with Crippen LogP contribution in [0.5, 0.6) is 0 Å². The van der Waals surface area contributed by atoms with Gasteiger partial charge in [0.15, 0.2) is 0 Å². The topological polar surface area (TPSA) is 49.3 Å². The van der Waals surface area contributed by atoms with Gasteiger partial charge in [0.05, 0.1) is 11.2 Å². The Kier molecular flexibility index (Phi) is 5.62. The molecule has 18 heavy (non-hydrogen) atoms. The summed E-state index contributed by atoms with van der Waals surface area (Å²) in [4.78, 5) is 11.8. The van der Waals surface area contributed by atoms with E-state index in [1.54, 1.807) is 6.92 Å². The highest BCUT2D eigenvalue weighted by Crippen LogP contribution is 2.18. The second kappa shape index (κ2) is 6.54. The van der Waals surface area contributed by atoms with Crippen LogP contribution in [0.3, 0.4) is 0 Å². The highest BCUT2D eigenvalue weighted by atomic mass is 79.9. The number of rotatable bonds is 5. The standard InChI is InChI=1S/C12H15BrFNO2S/c1-12(17,7-18-2)6-15-11(16)9-4-3-8(14)5-10(9)13/h3-5,17H,6-7H2,1-2H3,(H,15,16)/t12-/m1/s1. The van der Waals surface area contributed by atoms with E-state index in [0.29, 0.717) is 15.8 Å². The van der Waals surface area contributed by atoms with Gasteiger partial charge < -0.3 is 10.4 Å². The lowest BCUT2D eigenvalue weighted by atomic mass is 10.1. The summed E-state index contributed by atoms with van der Waals surface area (Å²) in [5.41, 5.74) is -0.613. The van der Waals surface area contributed by atoms with Crippen molar-refractivity contribution < 1.29 is 14.3 Å². The minimum Gasteiger partial charge on any atom is -0.387 e. The summed E-state index contributed by atoms with van der Waals surface area (Å²) in [5, 5.41) is 12.5. The average Bonchev–Trinajstić information content (AvgIpc) is 2.26. The summed E-state index contributed by atoms with van der Waals surface area (Å²) < 4.78 is 13.3. The number of halogens is 2. The van der Waals surface area contributed by atoms with Gasteiger partial charge in [-0.15, -0.1) is 0 Å². The van der Waals surface area contributed by atoms with Crippen LogP contribution in [0.1, 0.15) is 17.3 Å². The highest BCUT2D eigenvalue weighted by Gasteiger charge is 2.21. The van der Waals surface area contributed by atoms with E-state index >= 15 is 0 Å². The van der Waals surface area contributed by atoms with Crippen LogP contribution in [0.4, 0.5) is 4.39 Å². The van der Waals surface area contributed by atoms with Gasteiger partial charge >= 0.3 is 0 Å². The van der Waals surface area contributed by atoms with Gasteiger partial charge in [-0.25, -0.2) is 4.39 Å². The lowest BCUT2D eigenvalue weighted by molar-refractivity contribution is 0.0724. The number of nitrogens with one attached hydrogen (secondary N) is 1. The molecule has 100 valence electrons. The minimum atomic E-state index is -0.957. The molecule has 0 aliphatic rings. The number of carbonyl (C=O) groups is 1. The summed E-state index contributed by atoms with van der Waals surface area (Å²) in [6, 6.07) is 3.85. The van der Waals surface area contributed by atoms with Crippen LogP contribution in [0.2, 0.25) is 0 Å². The molecule has 0 saturated carbocycles. The predicted octanol–water partition coefficient (Wildman–Crippen LogP) is 2.43. The van der Waals surface area contributed by atoms with Gasteiger partial charge in [0.1, 0.15) is 5.82 Å². The van der Waals surface area contributed by atoms with Crippen LogP contribution in [-0.2, 0) is 0 Å². The quantitative estimate of drug-likeness (QED) is 0.868. The fraction of sp³-hybridized carbons (Fsp3) is 0.417. The summed E-state index contributed by atoms with van der Waals surface area (Å²) in [6.45, 7) is 1.81. The van der Waals surface area contributed by atoms with Crippen molar-refractivity contribution in [3.8, 4) is 0 Å². The summed E-state index contributed by atoms with van der Waals surface area (Å²) >= 11 is 4.63. The molecule has 0 aromatic heterocycles. The Hall–Kier alpha value is -0.590. The van der Waals surface area contributed by atoms with Gasteiger partial charge in [-0.05, 0) is 47.3 Å². The maximum absolute atomic E-state index is 12.9. The highest BCUT2D eigenvalue weighted by molar-refractivity contribution is 9.10. The molecule has 1 aromatic rings. The maximum Gasteiger partial charge on any atom is 0.252 e. The van der Waals surface area contributed by atoms with E-state index in [1.807, 2.05) is 6.26 Å². The maximum atomic E-state index is 12.9. The van der Waals surface area contributed by atoms with Crippen LogP contribution in [0.15, 0.2) is 22.7 Å². The molecular weight excluding hydrogens is 321 g/mol. The van der Waals surface area contributed by atoms with Gasteiger partial charge in [0.2, 0.25) is 0 Å². The Balaban J connectivity index is 2.66. The SMILES string of the molecule is CSC[C@](C)(O)CNC(=O)c1ccc(F)cc1Br. The van der Waals surface area contributed by atoms with E-state index in [-0.39, 0.29) is 12.5 Å².